The molecule has 0 saturated heterocycles. The predicted octanol–water partition coefficient (Wildman–Crippen LogP) is 8.12. The molecule has 0 spiro atoms. The number of rotatable bonds is 12. The second kappa shape index (κ2) is 17.7. The van der Waals surface area contributed by atoms with Crippen LogP contribution in [0.4, 0.5) is 10.7 Å². The van der Waals surface area contributed by atoms with Gasteiger partial charge >= 0.3 is 5.97 Å². The van der Waals surface area contributed by atoms with Crippen LogP contribution in [0.2, 0.25) is 0 Å². The molecule has 1 aliphatic carbocycles. The lowest BCUT2D eigenvalue weighted by molar-refractivity contribution is -0.115. The molecule has 1 unspecified atom stereocenters. The van der Waals surface area contributed by atoms with E-state index in [0.29, 0.717) is 33.1 Å². The molecule has 3 N–H and O–H groups in total. The van der Waals surface area contributed by atoms with E-state index < -0.39 is 23.0 Å². The molecular formula is C39H41N3O6S2. The van der Waals surface area contributed by atoms with E-state index in [1.54, 1.807) is 93.8 Å². The molecule has 0 bridgehead atoms. The topological polar surface area (TPSA) is 123 Å². The van der Waals surface area contributed by atoms with Gasteiger partial charge in [0.1, 0.15) is 16.4 Å². The molecule has 3 aromatic carbocycles. The Morgan fingerprint density at radius 1 is 0.900 bits per heavy atom. The van der Waals surface area contributed by atoms with Crippen LogP contribution in [-0.4, -0.2) is 42.7 Å². The van der Waals surface area contributed by atoms with Crippen molar-refractivity contribution in [1.82, 2.24) is 5.32 Å². The van der Waals surface area contributed by atoms with E-state index in [0.717, 1.165) is 53.9 Å². The largest absolute Gasteiger partial charge is 0.497 e. The maximum absolute atomic E-state index is 13.6. The summed E-state index contributed by atoms with van der Waals surface area (Å²) in [5.74, 6) is -0.981. The molecule has 0 radical (unpaired) electrons. The zero-order valence-electron chi connectivity index (χ0n) is 28.4. The highest BCUT2D eigenvalue weighted by atomic mass is 32.2. The Bertz CT molecular complexity index is 1870. The van der Waals surface area contributed by atoms with E-state index in [1.807, 2.05) is 12.1 Å². The van der Waals surface area contributed by atoms with Crippen LogP contribution in [0, 0.1) is 0 Å². The van der Waals surface area contributed by atoms with Crippen molar-refractivity contribution in [2.24, 2.45) is 0 Å². The number of thioether (sulfide) groups is 1. The van der Waals surface area contributed by atoms with E-state index in [2.05, 4.69) is 16.0 Å². The summed E-state index contributed by atoms with van der Waals surface area (Å²) in [5, 5.41) is 8.68. The molecule has 4 aromatic rings. The van der Waals surface area contributed by atoms with Crippen molar-refractivity contribution in [1.29, 1.82) is 0 Å². The van der Waals surface area contributed by atoms with Gasteiger partial charge in [0.25, 0.3) is 11.8 Å². The number of ether oxygens (including phenoxy) is 2. The Morgan fingerprint density at radius 2 is 1.66 bits per heavy atom. The van der Waals surface area contributed by atoms with Crippen LogP contribution < -0.4 is 20.7 Å². The minimum Gasteiger partial charge on any atom is -0.497 e. The third-order valence-electron chi connectivity index (χ3n) is 8.10. The van der Waals surface area contributed by atoms with E-state index in [4.69, 9.17) is 9.47 Å². The van der Waals surface area contributed by atoms with E-state index >= 15 is 0 Å². The third-order valence-corrected chi connectivity index (χ3v) is 10.4. The number of amides is 3. The number of aryl methyl sites for hydroxylation is 1. The average Bonchev–Trinajstić information content (AvgIpc) is 3.43. The first-order valence-corrected chi connectivity index (χ1v) is 18.4. The van der Waals surface area contributed by atoms with E-state index in [1.165, 1.54) is 23.1 Å². The monoisotopic (exact) mass is 711 g/mol. The number of methoxy groups -OCH3 is 1. The van der Waals surface area contributed by atoms with E-state index in [-0.39, 0.29) is 18.2 Å². The summed E-state index contributed by atoms with van der Waals surface area (Å²) in [7, 11) is 1.56. The summed E-state index contributed by atoms with van der Waals surface area (Å²) < 4.78 is 10.7. The summed E-state index contributed by atoms with van der Waals surface area (Å²) in [6.07, 6.45) is 7.60. The normalized spacial score (nSPS) is 13.5. The number of hydrogen-bond donors (Lipinski definition) is 3. The van der Waals surface area contributed by atoms with Gasteiger partial charge in [0.05, 0.1) is 24.5 Å². The number of fused-ring (bicyclic) bond motifs is 1. The molecule has 1 atom stereocenters. The lowest BCUT2D eigenvalue weighted by Crippen LogP contribution is -2.30. The summed E-state index contributed by atoms with van der Waals surface area (Å²) in [5.41, 5.74) is 3.09. The molecular weight excluding hydrogens is 671 g/mol. The quantitative estimate of drug-likeness (QED) is 0.0771. The van der Waals surface area contributed by atoms with Gasteiger partial charge in [0, 0.05) is 21.0 Å². The van der Waals surface area contributed by atoms with Crippen LogP contribution in [-0.2, 0) is 27.2 Å². The van der Waals surface area contributed by atoms with Crippen LogP contribution in [0.1, 0.15) is 76.3 Å². The van der Waals surface area contributed by atoms with Crippen molar-refractivity contribution < 1.29 is 28.7 Å². The van der Waals surface area contributed by atoms with Gasteiger partial charge in [-0.1, -0.05) is 49.2 Å². The van der Waals surface area contributed by atoms with Crippen molar-refractivity contribution in [3.8, 4) is 5.75 Å². The first kappa shape index (κ1) is 36.4. The number of carbonyl (C=O) groups excluding carboxylic acids is 4. The Hall–Kier alpha value is -4.87. The second-order valence-electron chi connectivity index (χ2n) is 11.7. The van der Waals surface area contributed by atoms with Gasteiger partial charge in [-0.3, -0.25) is 14.4 Å². The van der Waals surface area contributed by atoms with Crippen molar-refractivity contribution in [3.05, 3.63) is 112 Å². The van der Waals surface area contributed by atoms with Crippen LogP contribution in [0.25, 0.3) is 6.08 Å². The average molecular weight is 712 g/mol. The molecule has 1 heterocycles. The fourth-order valence-corrected chi connectivity index (χ4v) is 7.79. The smallest absolute Gasteiger partial charge is 0.341 e. The highest BCUT2D eigenvalue weighted by Gasteiger charge is 2.27. The van der Waals surface area contributed by atoms with Crippen LogP contribution in [0.5, 0.6) is 5.75 Å². The van der Waals surface area contributed by atoms with Crippen molar-refractivity contribution in [2.75, 3.05) is 24.4 Å². The minimum absolute atomic E-state index is 0.0420. The third kappa shape index (κ3) is 9.64. The zero-order chi connectivity index (χ0) is 35.5. The van der Waals surface area contributed by atoms with E-state index in [9.17, 15) is 19.2 Å². The zero-order valence-corrected chi connectivity index (χ0v) is 30.0. The fourth-order valence-electron chi connectivity index (χ4n) is 5.58. The molecule has 0 aliphatic heterocycles. The lowest BCUT2D eigenvalue weighted by atomic mass is 9.96. The maximum Gasteiger partial charge on any atom is 0.341 e. The Morgan fingerprint density at radius 3 is 2.42 bits per heavy atom. The Balaban J connectivity index is 1.30. The molecule has 0 saturated carbocycles. The molecule has 5 rings (SSSR count). The van der Waals surface area contributed by atoms with Crippen molar-refractivity contribution in [2.45, 2.75) is 62.5 Å². The predicted molar refractivity (Wildman–Crippen MR) is 200 cm³/mol. The number of carbonyl (C=O) groups is 4. The number of anilines is 2. The van der Waals surface area contributed by atoms with Crippen LogP contribution >= 0.6 is 23.1 Å². The summed E-state index contributed by atoms with van der Waals surface area (Å²) in [6.45, 7) is 3.83. The standard InChI is InChI=1S/C39H41N3O6S2/c1-4-48-39(46)34-31-20-10-5-6-11-21-33(31)50-38(34)42-35(43)25(2)49-30-19-13-17-28(24-30)40-37(45)32(23-26-14-12-18-29(22-26)47-3)41-36(44)27-15-8-7-9-16-27/h7-9,12-19,22-25H,4-6,10-11,20-21H2,1-3H3,(H,40,45)(H,41,44)(H,42,43)/b32-23-. The molecule has 260 valence electrons. The Kier molecular flexibility index (Phi) is 12.9. The molecule has 1 aliphatic rings. The van der Waals surface area contributed by atoms with Gasteiger partial charge < -0.3 is 25.4 Å². The molecule has 11 heteroatoms. The highest BCUT2D eigenvalue weighted by Crippen LogP contribution is 2.38. The minimum atomic E-state index is -0.523. The number of thiophene rings is 1. The highest BCUT2D eigenvalue weighted by molar-refractivity contribution is 8.00. The van der Waals surface area contributed by atoms with Crippen molar-refractivity contribution >= 4 is 63.6 Å². The summed E-state index contributed by atoms with van der Waals surface area (Å²) >= 11 is 2.80. The molecule has 0 fully saturated rings. The van der Waals surface area contributed by atoms with Gasteiger partial charge in [0.2, 0.25) is 5.91 Å². The number of nitrogens with one attached hydrogen (secondary N) is 3. The van der Waals surface area contributed by atoms with Gasteiger partial charge in [-0.15, -0.1) is 23.1 Å². The maximum atomic E-state index is 13.6. The SMILES string of the molecule is CCOC(=O)c1c(NC(=O)C(C)Sc2cccc(NC(=O)/C(=C/c3cccc(OC)c3)NC(=O)c3ccccc3)c2)sc2c1CCCCCC2. The summed E-state index contributed by atoms with van der Waals surface area (Å²) in [6, 6.07) is 22.9. The van der Waals surface area contributed by atoms with Crippen molar-refractivity contribution in [3.63, 3.8) is 0 Å². The first-order valence-electron chi connectivity index (χ1n) is 16.7. The number of esters is 1. The van der Waals surface area contributed by atoms with Crippen LogP contribution in [0.3, 0.4) is 0 Å². The number of hydrogen-bond acceptors (Lipinski definition) is 8. The van der Waals surface area contributed by atoms with Gasteiger partial charge in [-0.25, -0.2) is 4.79 Å². The molecule has 1 aromatic heterocycles. The van der Waals surface area contributed by atoms with Gasteiger partial charge in [0.15, 0.2) is 0 Å². The Labute approximate surface area is 300 Å². The second-order valence-corrected chi connectivity index (χ2v) is 14.2. The summed E-state index contributed by atoms with van der Waals surface area (Å²) in [4.78, 5) is 55.1. The first-order chi connectivity index (χ1) is 24.2. The number of benzene rings is 3. The van der Waals surface area contributed by atoms with Gasteiger partial charge in [-0.2, -0.15) is 0 Å². The van der Waals surface area contributed by atoms with Gasteiger partial charge in [-0.05, 0) is 99.2 Å². The molecule has 3 amide bonds. The van der Waals surface area contributed by atoms with Crippen LogP contribution in [0.15, 0.2) is 89.5 Å². The fraction of sp³-hybridized carbons (Fsp3) is 0.282. The lowest BCUT2D eigenvalue weighted by Gasteiger charge is -2.14. The molecule has 50 heavy (non-hydrogen) atoms. The molecule has 9 nitrogen and oxygen atoms in total.